The molecule has 4 rings (SSSR count). The van der Waals surface area contributed by atoms with Crippen molar-refractivity contribution in [3.05, 3.63) is 90.1 Å². The minimum absolute atomic E-state index is 0.195. The minimum atomic E-state index is -1.01. The second-order valence-corrected chi connectivity index (χ2v) is 7.26. The first-order chi connectivity index (χ1) is 16.1. The number of fused-ring (bicyclic) bond motifs is 1. The van der Waals surface area contributed by atoms with Crippen molar-refractivity contribution in [1.29, 1.82) is 0 Å². The van der Waals surface area contributed by atoms with Crippen molar-refractivity contribution in [2.75, 3.05) is 13.7 Å². The number of rotatable bonds is 9. The summed E-state index contributed by atoms with van der Waals surface area (Å²) in [5, 5.41) is 14.6. The Morgan fingerprint density at radius 3 is 2.48 bits per heavy atom. The molecule has 33 heavy (non-hydrogen) atoms. The third-order valence-corrected chi connectivity index (χ3v) is 5.09. The summed E-state index contributed by atoms with van der Waals surface area (Å²) in [7, 11) is 1.55. The van der Waals surface area contributed by atoms with Gasteiger partial charge in [-0.05, 0) is 49.4 Å². The average Bonchev–Trinajstić information content (AvgIpc) is 3.20. The first-order valence-electron chi connectivity index (χ1n) is 10.5. The maximum absolute atomic E-state index is 11.8. The van der Waals surface area contributed by atoms with Gasteiger partial charge in [0.25, 0.3) is 0 Å². The Balaban J connectivity index is 1.71. The lowest BCUT2D eigenvalue weighted by atomic mass is 10.1. The molecule has 0 aliphatic carbocycles. The van der Waals surface area contributed by atoms with Crippen LogP contribution in [0.5, 0.6) is 17.2 Å². The summed E-state index contributed by atoms with van der Waals surface area (Å²) >= 11 is 0. The minimum Gasteiger partial charge on any atom is -0.497 e. The Kier molecular flexibility index (Phi) is 6.59. The molecule has 1 aromatic heterocycles. The molecule has 0 spiro atoms. The van der Waals surface area contributed by atoms with Gasteiger partial charge in [-0.2, -0.15) is 0 Å². The number of hydrogen-bond donors (Lipinski definition) is 1. The van der Waals surface area contributed by atoms with Crippen LogP contribution < -0.4 is 9.47 Å². The third-order valence-electron chi connectivity index (χ3n) is 5.09. The topological polar surface area (TPSA) is 82.3 Å². The van der Waals surface area contributed by atoms with Gasteiger partial charge in [-0.25, -0.2) is 4.79 Å². The number of ether oxygens (including phenoxy) is 2. The third kappa shape index (κ3) is 4.98. The van der Waals surface area contributed by atoms with Crippen LogP contribution in [0.25, 0.3) is 10.9 Å². The number of aromatic carboxylic acids is 1. The van der Waals surface area contributed by atoms with Crippen LogP contribution in [0, 0.1) is 0 Å². The molecule has 1 N–H and O–H groups in total. The van der Waals surface area contributed by atoms with E-state index in [9.17, 15) is 9.90 Å². The fourth-order valence-corrected chi connectivity index (χ4v) is 3.54. The van der Waals surface area contributed by atoms with Crippen LogP contribution in [0.1, 0.15) is 22.8 Å². The number of carboxylic acid groups (broad SMARTS) is 1. The normalized spacial score (nSPS) is 11.4. The number of methoxy groups -OCH3 is 1. The van der Waals surface area contributed by atoms with Crippen LogP contribution in [0.2, 0.25) is 0 Å². The second-order valence-electron chi connectivity index (χ2n) is 7.26. The van der Waals surface area contributed by atoms with E-state index in [-0.39, 0.29) is 5.56 Å². The van der Waals surface area contributed by atoms with E-state index in [1.807, 2.05) is 72.2 Å². The molecule has 0 amide bonds. The number of carboxylic acids is 1. The Morgan fingerprint density at radius 2 is 1.76 bits per heavy atom. The van der Waals surface area contributed by atoms with Crippen LogP contribution in [0.4, 0.5) is 0 Å². The largest absolute Gasteiger partial charge is 0.497 e. The highest BCUT2D eigenvalue weighted by atomic mass is 16.6. The molecular formula is C26H24N2O5. The molecule has 0 unspecified atom stereocenters. The number of benzene rings is 3. The number of carbonyl (C=O) groups is 1. The summed E-state index contributed by atoms with van der Waals surface area (Å²) in [6, 6.07) is 22.4. The smallest absolute Gasteiger partial charge is 0.337 e. The van der Waals surface area contributed by atoms with Gasteiger partial charge in [0, 0.05) is 22.7 Å². The fourth-order valence-electron chi connectivity index (χ4n) is 3.54. The van der Waals surface area contributed by atoms with E-state index in [0.717, 1.165) is 16.8 Å². The molecule has 0 radical (unpaired) electrons. The van der Waals surface area contributed by atoms with Crippen molar-refractivity contribution < 1.29 is 24.2 Å². The quantitative estimate of drug-likeness (QED) is 0.269. The lowest BCUT2D eigenvalue weighted by Crippen LogP contribution is -2.12. The van der Waals surface area contributed by atoms with E-state index in [4.69, 9.17) is 14.3 Å². The zero-order chi connectivity index (χ0) is 23.2. The molecule has 168 valence electrons. The number of nitrogens with zero attached hydrogens (tertiary/aromatic N) is 2. The van der Waals surface area contributed by atoms with Gasteiger partial charge in [-0.15, -0.1) is 0 Å². The maximum Gasteiger partial charge on any atom is 0.337 e. The highest BCUT2D eigenvalue weighted by molar-refractivity contribution is 6.05. The van der Waals surface area contributed by atoms with Gasteiger partial charge in [-0.3, -0.25) is 0 Å². The van der Waals surface area contributed by atoms with Gasteiger partial charge in [0.15, 0.2) is 0 Å². The molecule has 0 aliphatic heterocycles. The molecule has 0 atom stereocenters. The molecule has 3 aromatic carbocycles. The Bertz CT molecular complexity index is 1290. The first kappa shape index (κ1) is 22.0. The molecule has 1 heterocycles. The van der Waals surface area contributed by atoms with E-state index >= 15 is 0 Å². The van der Waals surface area contributed by atoms with E-state index in [2.05, 4.69) is 5.16 Å². The van der Waals surface area contributed by atoms with Crippen molar-refractivity contribution in [2.45, 2.75) is 13.5 Å². The summed E-state index contributed by atoms with van der Waals surface area (Å²) in [5.74, 6) is 0.982. The van der Waals surface area contributed by atoms with E-state index in [1.165, 1.54) is 0 Å². The monoisotopic (exact) mass is 444 g/mol. The Morgan fingerprint density at radius 1 is 0.970 bits per heavy atom. The predicted molar refractivity (Wildman–Crippen MR) is 127 cm³/mol. The zero-order valence-electron chi connectivity index (χ0n) is 18.4. The molecular weight excluding hydrogens is 420 g/mol. The van der Waals surface area contributed by atoms with Gasteiger partial charge in [0.05, 0.1) is 19.2 Å². The summed E-state index contributed by atoms with van der Waals surface area (Å²) in [6.45, 7) is 2.58. The maximum atomic E-state index is 11.8. The van der Waals surface area contributed by atoms with Gasteiger partial charge in [0.2, 0.25) is 0 Å². The number of oxime groups is 1. The highest BCUT2D eigenvalue weighted by Crippen LogP contribution is 2.27. The van der Waals surface area contributed by atoms with Gasteiger partial charge < -0.3 is 24.0 Å². The van der Waals surface area contributed by atoms with Gasteiger partial charge in [-0.1, -0.05) is 35.5 Å². The Hall–Kier alpha value is -4.26. The van der Waals surface area contributed by atoms with E-state index < -0.39 is 5.97 Å². The molecule has 0 bridgehead atoms. The van der Waals surface area contributed by atoms with Crippen molar-refractivity contribution in [1.82, 2.24) is 4.57 Å². The number of hydrogen-bond acceptors (Lipinski definition) is 5. The van der Waals surface area contributed by atoms with Crippen molar-refractivity contribution in [2.24, 2.45) is 5.16 Å². The first-order valence-corrected chi connectivity index (χ1v) is 10.5. The molecule has 4 aromatic rings. The van der Waals surface area contributed by atoms with E-state index in [0.29, 0.717) is 35.7 Å². The average molecular weight is 444 g/mol. The molecule has 0 fully saturated rings. The standard InChI is InChI=1S/C26H24N2O5/c1-3-32-27-24(18-8-7-11-21(14-18)33-19-9-5-4-6-10-19)17-28-16-23(26(29)30)22-15-20(31-2)12-13-25(22)28/h4-16H,3,17H2,1-2H3,(H,29,30)/b27-24-. The summed E-state index contributed by atoms with van der Waals surface area (Å²) < 4.78 is 13.1. The summed E-state index contributed by atoms with van der Waals surface area (Å²) in [5.41, 5.74) is 2.40. The van der Waals surface area contributed by atoms with Crippen LogP contribution >= 0.6 is 0 Å². The van der Waals surface area contributed by atoms with Crippen LogP contribution in [-0.2, 0) is 11.4 Å². The van der Waals surface area contributed by atoms with Crippen molar-refractivity contribution in [3.63, 3.8) is 0 Å². The van der Waals surface area contributed by atoms with E-state index in [1.54, 1.807) is 25.4 Å². The lowest BCUT2D eigenvalue weighted by molar-refractivity contribution is 0.0699. The number of aromatic nitrogens is 1. The fraction of sp³-hybridized carbons (Fsp3) is 0.154. The zero-order valence-corrected chi connectivity index (χ0v) is 18.4. The second kappa shape index (κ2) is 9.91. The highest BCUT2D eigenvalue weighted by Gasteiger charge is 2.17. The molecule has 7 nitrogen and oxygen atoms in total. The van der Waals surface area contributed by atoms with Crippen LogP contribution in [0.15, 0.2) is 84.1 Å². The van der Waals surface area contributed by atoms with Crippen molar-refractivity contribution >= 4 is 22.6 Å². The lowest BCUT2D eigenvalue weighted by Gasteiger charge is -2.12. The van der Waals surface area contributed by atoms with Gasteiger partial charge in [0.1, 0.15) is 29.6 Å². The predicted octanol–water partition coefficient (Wildman–Crippen LogP) is 5.58. The number of para-hydroxylation sites is 1. The van der Waals surface area contributed by atoms with Gasteiger partial charge >= 0.3 is 5.97 Å². The Labute approximate surface area is 191 Å². The van der Waals surface area contributed by atoms with Crippen molar-refractivity contribution in [3.8, 4) is 17.2 Å². The SMILES string of the molecule is CCO/N=C(/Cn1cc(C(=O)O)c2cc(OC)ccc21)c1cccc(Oc2ccccc2)c1. The van der Waals surface area contributed by atoms with Crippen LogP contribution in [-0.4, -0.2) is 35.1 Å². The molecule has 7 heteroatoms. The summed E-state index contributed by atoms with van der Waals surface area (Å²) in [6.07, 6.45) is 1.61. The summed E-state index contributed by atoms with van der Waals surface area (Å²) in [4.78, 5) is 17.2. The van der Waals surface area contributed by atoms with Crippen LogP contribution in [0.3, 0.4) is 0 Å². The molecule has 0 saturated heterocycles. The molecule has 0 aliphatic rings. The molecule has 0 saturated carbocycles.